The Morgan fingerprint density at radius 3 is 2.48 bits per heavy atom. The third-order valence-electron chi connectivity index (χ3n) is 5.81. The van der Waals surface area contributed by atoms with Crippen molar-refractivity contribution in [1.82, 2.24) is 15.2 Å². The Hall–Kier alpha value is -2.31. The van der Waals surface area contributed by atoms with Crippen LogP contribution >= 0.6 is 0 Å². The first-order chi connectivity index (χ1) is 14.2. The number of nitrogens with one attached hydrogen (secondary N) is 1. The molecule has 3 heterocycles. The molecule has 29 heavy (non-hydrogen) atoms. The number of aromatic nitrogens is 1. The molecule has 0 radical (unpaired) electrons. The minimum absolute atomic E-state index is 0.00913. The van der Waals surface area contributed by atoms with E-state index in [0.717, 1.165) is 62.9 Å². The van der Waals surface area contributed by atoms with Crippen LogP contribution < -0.4 is 10.2 Å². The minimum Gasteiger partial charge on any atom is -0.469 e. The molecule has 2 aliphatic rings. The summed E-state index contributed by atoms with van der Waals surface area (Å²) in [4.78, 5) is 25.9. The van der Waals surface area contributed by atoms with Crippen LogP contribution in [0.1, 0.15) is 51.0 Å². The molecular weight excluding hydrogens is 366 g/mol. The number of pyridine rings is 1. The van der Waals surface area contributed by atoms with Crippen LogP contribution in [0.4, 0.5) is 5.82 Å². The molecule has 0 aromatic carbocycles. The number of guanidine groups is 1. The summed E-state index contributed by atoms with van der Waals surface area (Å²) >= 11 is 0. The van der Waals surface area contributed by atoms with E-state index in [9.17, 15) is 4.79 Å². The third kappa shape index (κ3) is 6.08. The van der Waals surface area contributed by atoms with Crippen LogP contribution in [0.5, 0.6) is 0 Å². The minimum atomic E-state index is -0.0952. The fourth-order valence-corrected chi connectivity index (χ4v) is 4.08. The van der Waals surface area contributed by atoms with E-state index < -0.39 is 0 Å². The summed E-state index contributed by atoms with van der Waals surface area (Å²) in [6.45, 7) is 7.35. The van der Waals surface area contributed by atoms with Crippen molar-refractivity contribution in [3.63, 3.8) is 0 Å². The summed E-state index contributed by atoms with van der Waals surface area (Å²) in [5, 5.41) is 3.38. The van der Waals surface area contributed by atoms with Crippen molar-refractivity contribution < 1.29 is 9.53 Å². The van der Waals surface area contributed by atoms with Gasteiger partial charge in [-0.1, -0.05) is 18.9 Å². The zero-order valence-electron chi connectivity index (χ0n) is 17.9. The molecule has 1 aromatic heterocycles. The second-order valence-corrected chi connectivity index (χ2v) is 7.88. The number of methoxy groups -OCH3 is 1. The van der Waals surface area contributed by atoms with E-state index in [-0.39, 0.29) is 11.9 Å². The van der Waals surface area contributed by atoms with Crippen molar-refractivity contribution >= 4 is 17.7 Å². The molecule has 2 aliphatic heterocycles. The van der Waals surface area contributed by atoms with Crippen molar-refractivity contribution in [2.75, 3.05) is 44.7 Å². The largest absolute Gasteiger partial charge is 0.469 e. The number of ether oxygens (including phenoxy) is 1. The van der Waals surface area contributed by atoms with Gasteiger partial charge in [0, 0.05) is 38.9 Å². The van der Waals surface area contributed by atoms with Gasteiger partial charge in [0.1, 0.15) is 5.82 Å². The van der Waals surface area contributed by atoms with Crippen LogP contribution in [0.3, 0.4) is 0 Å². The molecule has 0 saturated carbocycles. The zero-order chi connectivity index (χ0) is 20.5. The number of esters is 1. The van der Waals surface area contributed by atoms with Crippen LogP contribution in [0.25, 0.3) is 0 Å². The lowest BCUT2D eigenvalue weighted by Crippen LogP contribution is -2.46. The van der Waals surface area contributed by atoms with E-state index in [2.05, 4.69) is 34.2 Å². The van der Waals surface area contributed by atoms with Crippen molar-refractivity contribution in [2.24, 2.45) is 10.9 Å². The van der Waals surface area contributed by atoms with Crippen molar-refractivity contribution in [3.05, 3.63) is 23.9 Å². The Morgan fingerprint density at radius 2 is 1.90 bits per heavy atom. The molecule has 2 fully saturated rings. The predicted molar refractivity (Wildman–Crippen MR) is 116 cm³/mol. The smallest absolute Gasteiger partial charge is 0.308 e. The van der Waals surface area contributed by atoms with Gasteiger partial charge in [0.25, 0.3) is 0 Å². The van der Waals surface area contributed by atoms with Crippen LogP contribution in [-0.2, 0) is 16.1 Å². The van der Waals surface area contributed by atoms with E-state index in [4.69, 9.17) is 14.7 Å². The Balaban J connectivity index is 1.58. The molecule has 0 aliphatic carbocycles. The molecule has 3 rings (SSSR count). The molecular formula is C22H35N5O2. The second kappa shape index (κ2) is 11.0. The van der Waals surface area contributed by atoms with Gasteiger partial charge in [-0.25, -0.2) is 9.98 Å². The molecule has 160 valence electrons. The summed E-state index contributed by atoms with van der Waals surface area (Å²) in [7, 11) is 1.46. The highest BCUT2D eigenvalue weighted by molar-refractivity contribution is 5.80. The molecule has 0 unspecified atom stereocenters. The topological polar surface area (TPSA) is 70.1 Å². The van der Waals surface area contributed by atoms with Crippen molar-refractivity contribution in [2.45, 2.75) is 52.0 Å². The molecule has 0 atom stereocenters. The van der Waals surface area contributed by atoms with E-state index in [1.54, 1.807) is 0 Å². The van der Waals surface area contributed by atoms with Gasteiger partial charge in [-0.05, 0) is 44.2 Å². The van der Waals surface area contributed by atoms with Gasteiger partial charge in [0.2, 0.25) is 0 Å². The van der Waals surface area contributed by atoms with Crippen LogP contribution in [0.2, 0.25) is 0 Å². The van der Waals surface area contributed by atoms with Gasteiger partial charge >= 0.3 is 5.97 Å². The fourth-order valence-electron chi connectivity index (χ4n) is 4.08. The monoisotopic (exact) mass is 401 g/mol. The number of carbonyl (C=O) groups excluding carboxylic acids is 1. The number of hydrogen-bond acceptors (Lipinski definition) is 5. The summed E-state index contributed by atoms with van der Waals surface area (Å²) in [5.41, 5.74) is 1.11. The summed E-state index contributed by atoms with van der Waals surface area (Å²) < 4.78 is 4.88. The average molecular weight is 402 g/mol. The van der Waals surface area contributed by atoms with Crippen LogP contribution in [0.15, 0.2) is 23.3 Å². The van der Waals surface area contributed by atoms with Crippen molar-refractivity contribution in [1.29, 1.82) is 0 Å². The van der Waals surface area contributed by atoms with Crippen molar-refractivity contribution in [3.8, 4) is 0 Å². The number of aliphatic imine (C=N–C) groups is 1. The maximum atomic E-state index is 11.7. The molecule has 0 spiro atoms. The number of carbonyl (C=O) groups is 1. The maximum Gasteiger partial charge on any atom is 0.308 e. The lowest BCUT2D eigenvalue weighted by atomic mass is 9.97. The number of piperidine rings is 1. The summed E-state index contributed by atoms with van der Waals surface area (Å²) in [6, 6.07) is 4.27. The van der Waals surface area contributed by atoms with Gasteiger partial charge in [-0.2, -0.15) is 0 Å². The summed E-state index contributed by atoms with van der Waals surface area (Å²) in [6.07, 6.45) is 8.74. The van der Waals surface area contributed by atoms with Crippen LogP contribution in [0, 0.1) is 5.92 Å². The average Bonchev–Trinajstić information content (AvgIpc) is 3.06. The lowest BCUT2D eigenvalue weighted by molar-refractivity contribution is -0.146. The lowest BCUT2D eigenvalue weighted by Gasteiger charge is -2.33. The van der Waals surface area contributed by atoms with E-state index in [1.807, 2.05) is 6.20 Å². The Labute approximate surface area is 174 Å². The SMILES string of the molecule is CCNC(=NCc1ccc(N2CCCCCC2)nc1)N1CCC(C(=O)OC)CC1. The third-order valence-corrected chi connectivity index (χ3v) is 5.81. The Bertz CT molecular complexity index is 660. The molecule has 1 aromatic rings. The predicted octanol–water partition coefficient (Wildman–Crippen LogP) is 2.81. The van der Waals surface area contributed by atoms with Gasteiger partial charge < -0.3 is 19.9 Å². The Morgan fingerprint density at radius 1 is 1.17 bits per heavy atom. The normalized spacial score (nSPS) is 19.0. The first-order valence-corrected chi connectivity index (χ1v) is 11.0. The van der Waals surface area contributed by atoms with Gasteiger partial charge in [-0.15, -0.1) is 0 Å². The number of hydrogen-bond donors (Lipinski definition) is 1. The maximum absolute atomic E-state index is 11.7. The molecule has 0 bridgehead atoms. The summed E-state index contributed by atoms with van der Waals surface area (Å²) in [5.74, 6) is 1.90. The highest BCUT2D eigenvalue weighted by Gasteiger charge is 2.26. The molecule has 7 heteroatoms. The number of anilines is 1. The molecule has 7 nitrogen and oxygen atoms in total. The standard InChI is InChI=1S/C22H35N5O2/c1-3-23-22(27-14-10-19(11-15-27)21(28)29-2)25-17-18-8-9-20(24-16-18)26-12-6-4-5-7-13-26/h8-9,16,19H,3-7,10-15,17H2,1-2H3,(H,23,25). The van der Waals surface area contributed by atoms with E-state index in [0.29, 0.717) is 6.54 Å². The Kier molecular flexibility index (Phi) is 8.14. The first-order valence-electron chi connectivity index (χ1n) is 11.0. The fraction of sp³-hybridized carbons (Fsp3) is 0.682. The first kappa shape index (κ1) is 21.4. The number of nitrogens with zero attached hydrogens (tertiary/aromatic N) is 4. The van der Waals surface area contributed by atoms with E-state index >= 15 is 0 Å². The van der Waals surface area contributed by atoms with Gasteiger partial charge in [-0.3, -0.25) is 4.79 Å². The quantitative estimate of drug-likeness (QED) is 0.465. The molecule has 2 saturated heterocycles. The second-order valence-electron chi connectivity index (χ2n) is 7.88. The number of rotatable bonds is 5. The van der Waals surface area contributed by atoms with Gasteiger partial charge in [0.15, 0.2) is 5.96 Å². The molecule has 0 amide bonds. The zero-order valence-corrected chi connectivity index (χ0v) is 17.9. The van der Waals surface area contributed by atoms with Gasteiger partial charge in [0.05, 0.1) is 19.6 Å². The molecule has 1 N–H and O–H groups in total. The van der Waals surface area contributed by atoms with Crippen LogP contribution in [-0.4, -0.2) is 61.6 Å². The highest BCUT2D eigenvalue weighted by atomic mass is 16.5. The number of likely N-dealkylation sites (tertiary alicyclic amines) is 1. The highest BCUT2D eigenvalue weighted by Crippen LogP contribution is 2.20. The van der Waals surface area contributed by atoms with E-state index in [1.165, 1.54) is 32.8 Å².